The van der Waals surface area contributed by atoms with Gasteiger partial charge >= 0.3 is 0 Å². The number of hydrogen-bond acceptors (Lipinski definition) is 3. The molecule has 0 aliphatic carbocycles. The predicted octanol–water partition coefficient (Wildman–Crippen LogP) is 1.82. The van der Waals surface area contributed by atoms with Crippen LogP contribution in [0.2, 0.25) is 0 Å². The van der Waals surface area contributed by atoms with Crippen LogP contribution in [0.15, 0.2) is 30.6 Å². The van der Waals surface area contributed by atoms with Gasteiger partial charge in [0.25, 0.3) is 0 Å². The normalized spacial score (nSPS) is 12.6. The molecule has 1 N–H and O–H groups in total. The number of nitrogens with one attached hydrogen (secondary N) is 1. The molecular formula is C13H18N4. The van der Waals surface area contributed by atoms with Gasteiger partial charge in [0, 0.05) is 25.1 Å². The highest BCUT2D eigenvalue weighted by Crippen LogP contribution is 2.20. The largest absolute Gasteiger partial charge is 0.305 e. The molecule has 0 aliphatic heterocycles. The highest BCUT2D eigenvalue weighted by Gasteiger charge is 2.15. The molecule has 0 spiro atoms. The summed E-state index contributed by atoms with van der Waals surface area (Å²) in [4.78, 5) is 4.23. The molecule has 2 aromatic heterocycles. The van der Waals surface area contributed by atoms with E-state index in [1.165, 1.54) is 5.56 Å². The smallest absolute Gasteiger partial charge is 0.0839 e. The first-order valence-electron chi connectivity index (χ1n) is 5.86. The molecule has 4 heteroatoms. The van der Waals surface area contributed by atoms with Crippen molar-refractivity contribution in [3.05, 3.63) is 47.5 Å². The zero-order chi connectivity index (χ0) is 12.3. The lowest BCUT2D eigenvalue weighted by Gasteiger charge is -2.16. The summed E-state index contributed by atoms with van der Waals surface area (Å²) in [6, 6.07) is 6.32. The second-order valence-electron chi connectivity index (χ2n) is 4.14. The van der Waals surface area contributed by atoms with Crippen molar-refractivity contribution in [1.29, 1.82) is 0 Å². The van der Waals surface area contributed by atoms with Crippen molar-refractivity contribution >= 4 is 0 Å². The van der Waals surface area contributed by atoms with Crippen LogP contribution in [0.25, 0.3) is 0 Å². The van der Waals surface area contributed by atoms with Gasteiger partial charge in [0.1, 0.15) is 0 Å². The van der Waals surface area contributed by atoms with Crippen LogP contribution in [-0.2, 0) is 7.05 Å². The zero-order valence-electron chi connectivity index (χ0n) is 10.5. The highest BCUT2D eigenvalue weighted by atomic mass is 15.3. The second-order valence-corrected chi connectivity index (χ2v) is 4.14. The molecular weight excluding hydrogens is 212 g/mol. The average molecular weight is 230 g/mol. The van der Waals surface area contributed by atoms with E-state index in [0.29, 0.717) is 0 Å². The lowest BCUT2D eigenvalue weighted by Crippen LogP contribution is -2.22. The van der Waals surface area contributed by atoms with Crippen molar-refractivity contribution in [2.75, 3.05) is 6.54 Å². The highest BCUT2D eigenvalue weighted by molar-refractivity contribution is 5.27. The van der Waals surface area contributed by atoms with Crippen LogP contribution in [0.1, 0.15) is 29.9 Å². The average Bonchev–Trinajstić information content (AvgIpc) is 2.72. The standard InChI is InChI=1S/C13H18N4/c1-4-14-13(12-6-8-17(3)16-12)11-5-7-15-10(2)9-11/h5-9,13-14H,4H2,1-3H3. The molecule has 17 heavy (non-hydrogen) atoms. The van der Waals surface area contributed by atoms with Crippen LogP contribution in [0.4, 0.5) is 0 Å². The molecule has 0 amide bonds. The van der Waals surface area contributed by atoms with Crippen molar-refractivity contribution in [2.24, 2.45) is 7.05 Å². The number of pyridine rings is 1. The van der Waals surface area contributed by atoms with Crippen molar-refractivity contribution in [3.8, 4) is 0 Å². The van der Waals surface area contributed by atoms with Gasteiger partial charge in [-0.2, -0.15) is 5.10 Å². The van der Waals surface area contributed by atoms with Gasteiger partial charge in [-0.3, -0.25) is 9.67 Å². The fourth-order valence-corrected chi connectivity index (χ4v) is 1.93. The molecule has 2 rings (SSSR count). The maximum atomic E-state index is 4.47. The van der Waals surface area contributed by atoms with Crippen molar-refractivity contribution < 1.29 is 0 Å². The summed E-state index contributed by atoms with van der Waals surface area (Å²) >= 11 is 0. The van der Waals surface area contributed by atoms with Gasteiger partial charge in [0.15, 0.2) is 0 Å². The molecule has 0 fully saturated rings. The zero-order valence-corrected chi connectivity index (χ0v) is 10.5. The van der Waals surface area contributed by atoms with Gasteiger partial charge < -0.3 is 5.32 Å². The fraction of sp³-hybridized carbons (Fsp3) is 0.385. The van der Waals surface area contributed by atoms with Crippen LogP contribution in [0.3, 0.4) is 0 Å². The molecule has 0 aromatic carbocycles. The summed E-state index contributed by atoms with van der Waals surface area (Å²) in [6.07, 6.45) is 3.81. The Bertz CT molecular complexity index is 490. The van der Waals surface area contributed by atoms with E-state index in [2.05, 4.69) is 28.4 Å². The van der Waals surface area contributed by atoms with E-state index in [4.69, 9.17) is 0 Å². The lowest BCUT2D eigenvalue weighted by molar-refractivity contribution is 0.599. The van der Waals surface area contributed by atoms with Gasteiger partial charge in [-0.05, 0) is 37.2 Å². The monoisotopic (exact) mass is 230 g/mol. The SMILES string of the molecule is CCNC(c1ccnc(C)c1)c1ccn(C)n1. The molecule has 0 bridgehead atoms. The van der Waals surface area contributed by atoms with Gasteiger partial charge in [-0.15, -0.1) is 0 Å². The van der Waals surface area contributed by atoms with E-state index >= 15 is 0 Å². The number of aryl methyl sites for hydroxylation is 2. The van der Waals surface area contributed by atoms with Gasteiger partial charge in [0.2, 0.25) is 0 Å². The van der Waals surface area contributed by atoms with Crippen LogP contribution < -0.4 is 5.32 Å². The van der Waals surface area contributed by atoms with Crippen molar-refractivity contribution in [3.63, 3.8) is 0 Å². The molecule has 2 aromatic rings. The van der Waals surface area contributed by atoms with Crippen LogP contribution in [-0.4, -0.2) is 21.3 Å². The van der Waals surface area contributed by atoms with E-state index < -0.39 is 0 Å². The Morgan fingerprint density at radius 3 is 2.82 bits per heavy atom. The number of hydrogen-bond donors (Lipinski definition) is 1. The third-order valence-corrected chi connectivity index (χ3v) is 2.69. The van der Waals surface area contributed by atoms with E-state index in [1.807, 2.05) is 43.2 Å². The Morgan fingerprint density at radius 1 is 1.41 bits per heavy atom. The summed E-state index contributed by atoms with van der Waals surface area (Å²) in [7, 11) is 1.93. The Morgan fingerprint density at radius 2 is 2.24 bits per heavy atom. The maximum absolute atomic E-state index is 4.47. The molecule has 90 valence electrons. The molecule has 1 atom stereocenters. The predicted molar refractivity (Wildman–Crippen MR) is 67.7 cm³/mol. The third kappa shape index (κ3) is 2.71. The van der Waals surface area contributed by atoms with Gasteiger partial charge in [-0.25, -0.2) is 0 Å². The first kappa shape index (κ1) is 11.8. The fourth-order valence-electron chi connectivity index (χ4n) is 1.93. The first-order valence-corrected chi connectivity index (χ1v) is 5.86. The van der Waals surface area contributed by atoms with Crippen molar-refractivity contribution in [1.82, 2.24) is 20.1 Å². The molecule has 2 heterocycles. The summed E-state index contributed by atoms with van der Waals surface area (Å²) in [5, 5.41) is 7.92. The minimum atomic E-state index is 0.142. The number of aromatic nitrogens is 3. The lowest BCUT2D eigenvalue weighted by atomic mass is 10.0. The maximum Gasteiger partial charge on any atom is 0.0839 e. The summed E-state index contributed by atoms with van der Waals surface area (Å²) in [5.74, 6) is 0. The van der Waals surface area contributed by atoms with E-state index in [-0.39, 0.29) is 6.04 Å². The van der Waals surface area contributed by atoms with Crippen LogP contribution in [0.5, 0.6) is 0 Å². The third-order valence-electron chi connectivity index (χ3n) is 2.69. The molecule has 0 radical (unpaired) electrons. The molecule has 0 saturated heterocycles. The topological polar surface area (TPSA) is 42.7 Å². The number of nitrogens with zero attached hydrogens (tertiary/aromatic N) is 3. The quantitative estimate of drug-likeness (QED) is 0.871. The Hall–Kier alpha value is -1.68. The van der Waals surface area contributed by atoms with Crippen LogP contribution >= 0.6 is 0 Å². The molecule has 0 aliphatic rings. The Kier molecular flexibility index (Phi) is 3.54. The molecule has 1 unspecified atom stereocenters. The Labute approximate surface area is 102 Å². The summed E-state index contributed by atoms with van der Waals surface area (Å²) in [5.41, 5.74) is 3.28. The minimum Gasteiger partial charge on any atom is -0.305 e. The van der Waals surface area contributed by atoms with Crippen molar-refractivity contribution in [2.45, 2.75) is 19.9 Å². The first-order chi connectivity index (χ1) is 8.20. The summed E-state index contributed by atoms with van der Waals surface area (Å²) in [6.45, 7) is 5.01. The minimum absolute atomic E-state index is 0.142. The number of rotatable bonds is 4. The van der Waals surface area contributed by atoms with Crippen LogP contribution in [0, 0.1) is 6.92 Å². The van der Waals surface area contributed by atoms with Gasteiger partial charge in [0.05, 0.1) is 11.7 Å². The van der Waals surface area contributed by atoms with E-state index in [1.54, 1.807) is 0 Å². The van der Waals surface area contributed by atoms with E-state index in [9.17, 15) is 0 Å². The Balaban J connectivity index is 2.35. The molecule has 4 nitrogen and oxygen atoms in total. The van der Waals surface area contributed by atoms with E-state index in [0.717, 1.165) is 17.9 Å². The molecule has 0 saturated carbocycles. The second kappa shape index (κ2) is 5.10. The van der Waals surface area contributed by atoms with Gasteiger partial charge in [-0.1, -0.05) is 6.92 Å². The summed E-state index contributed by atoms with van der Waals surface area (Å²) < 4.78 is 1.83.